The molecule has 0 saturated heterocycles. The molecule has 2 aromatic carbocycles. The van der Waals surface area contributed by atoms with Crippen molar-refractivity contribution in [1.82, 2.24) is 16.1 Å². The molecule has 3 rings (SSSR count). The maximum absolute atomic E-state index is 12.5. The first-order chi connectivity index (χ1) is 14.8. The van der Waals surface area contributed by atoms with Crippen molar-refractivity contribution in [2.45, 2.75) is 50.9 Å². The zero-order valence-electron chi connectivity index (χ0n) is 18.6. The first-order valence-corrected chi connectivity index (χ1v) is 10.2. The molecule has 9 heteroatoms. The molecule has 1 unspecified atom stereocenters. The molecule has 0 spiro atoms. The third-order valence-corrected chi connectivity index (χ3v) is 5.02. The van der Waals surface area contributed by atoms with Gasteiger partial charge in [0.2, 0.25) is 0 Å². The Morgan fingerprint density at radius 3 is 2.00 bits per heavy atom. The third-order valence-electron chi connectivity index (χ3n) is 5.02. The fourth-order valence-electron chi connectivity index (χ4n) is 2.97. The first-order valence-electron chi connectivity index (χ1n) is 10.2. The molecule has 1 atom stereocenters. The van der Waals surface area contributed by atoms with Crippen molar-refractivity contribution in [1.29, 1.82) is 0 Å². The standard InChI is InChI=1S/C24H28N4O3.2ClH/c1-24(2,25)21(23(30)28-31)27-22(29)19-11-9-17(10-12-19)4-3-16-5-7-18(8-6-16)15-26-20-13-14-20;;/h5-12,20-21,26,31H,13-15,25H2,1-2H3,(H,27,29)(H,28,30);2*1H. The predicted molar refractivity (Wildman–Crippen MR) is 133 cm³/mol. The molecule has 1 fully saturated rings. The molecule has 1 aliphatic carbocycles. The maximum Gasteiger partial charge on any atom is 0.267 e. The second kappa shape index (κ2) is 12.6. The zero-order chi connectivity index (χ0) is 22.4. The van der Waals surface area contributed by atoms with E-state index < -0.39 is 23.4 Å². The molecular weight excluding hydrogens is 463 g/mol. The van der Waals surface area contributed by atoms with Crippen LogP contribution in [0.3, 0.4) is 0 Å². The molecule has 0 radical (unpaired) electrons. The molecule has 178 valence electrons. The van der Waals surface area contributed by atoms with Crippen LogP contribution in [0.2, 0.25) is 0 Å². The quantitative estimate of drug-likeness (QED) is 0.231. The van der Waals surface area contributed by atoms with Gasteiger partial charge in [-0.05, 0) is 68.7 Å². The maximum atomic E-state index is 12.5. The second-order valence-electron chi connectivity index (χ2n) is 8.38. The van der Waals surface area contributed by atoms with Crippen LogP contribution in [0, 0.1) is 11.8 Å². The van der Waals surface area contributed by atoms with E-state index in [0.717, 1.165) is 17.7 Å². The minimum absolute atomic E-state index is 0. The van der Waals surface area contributed by atoms with Gasteiger partial charge in [-0.25, -0.2) is 5.48 Å². The summed E-state index contributed by atoms with van der Waals surface area (Å²) >= 11 is 0. The number of benzene rings is 2. The van der Waals surface area contributed by atoms with E-state index in [4.69, 9.17) is 10.9 Å². The Bertz CT molecular complexity index is 990. The van der Waals surface area contributed by atoms with E-state index in [1.807, 2.05) is 12.1 Å². The highest BCUT2D eigenvalue weighted by Gasteiger charge is 2.33. The van der Waals surface area contributed by atoms with E-state index >= 15 is 0 Å². The number of halogens is 2. The fraction of sp³-hybridized carbons (Fsp3) is 0.333. The second-order valence-corrected chi connectivity index (χ2v) is 8.38. The first kappa shape index (κ1) is 28.4. The van der Waals surface area contributed by atoms with Crippen molar-refractivity contribution in [3.63, 3.8) is 0 Å². The van der Waals surface area contributed by atoms with Crippen LogP contribution in [0.25, 0.3) is 0 Å². The minimum Gasteiger partial charge on any atom is -0.338 e. The van der Waals surface area contributed by atoms with Crippen molar-refractivity contribution in [2.24, 2.45) is 5.73 Å². The molecule has 1 aliphatic rings. The van der Waals surface area contributed by atoms with Gasteiger partial charge in [-0.15, -0.1) is 24.8 Å². The number of rotatable bonds is 7. The lowest BCUT2D eigenvalue weighted by atomic mass is 9.95. The predicted octanol–water partition coefficient (Wildman–Crippen LogP) is 2.52. The topological polar surface area (TPSA) is 116 Å². The Morgan fingerprint density at radius 1 is 1.03 bits per heavy atom. The van der Waals surface area contributed by atoms with Crippen LogP contribution in [-0.2, 0) is 11.3 Å². The van der Waals surface area contributed by atoms with Crippen LogP contribution in [0.4, 0.5) is 0 Å². The average Bonchev–Trinajstić information content (AvgIpc) is 3.59. The van der Waals surface area contributed by atoms with Crippen molar-refractivity contribution in [2.75, 3.05) is 0 Å². The Morgan fingerprint density at radius 2 is 1.55 bits per heavy atom. The van der Waals surface area contributed by atoms with E-state index in [9.17, 15) is 9.59 Å². The van der Waals surface area contributed by atoms with Crippen LogP contribution < -0.4 is 21.8 Å². The third kappa shape index (κ3) is 8.69. The molecule has 7 nitrogen and oxygen atoms in total. The average molecular weight is 493 g/mol. The Balaban J connectivity index is 0.00000272. The molecule has 1 saturated carbocycles. The monoisotopic (exact) mass is 492 g/mol. The molecular formula is C24H30Cl2N4O3. The summed E-state index contributed by atoms with van der Waals surface area (Å²) in [4.78, 5) is 24.3. The van der Waals surface area contributed by atoms with Gasteiger partial charge in [0.1, 0.15) is 6.04 Å². The van der Waals surface area contributed by atoms with Gasteiger partial charge < -0.3 is 16.4 Å². The van der Waals surface area contributed by atoms with Gasteiger partial charge in [-0.2, -0.15) is 0 Å². The lowest BCUT2D eigenvalue weighted by Crippen LogP contribution is -2.61. The Labute approximate surface area is 206 Å². The molecule has 2 amide bonds. The molecule has 0 heterocycles. The summed E-state index contributed by atoms with van der Waals surface area (Å²) in [6.45, 7) is 4.05. The van der Waals surface area contributed by atoms with E-state index in [2.05, 4.69) is 34.6 Å². The largest absolute Gasteiger partial charge is 0.338 e. The number of hydroxylamine groups is 1. The van der Waals surface area contributed by atoms with Gasteiger partial charge in [0, 0.05) is 34.8 Å². The van der Waals surface area contributed by atoms with Crippen LogP contribution in [0.1, 0.15) is 53.7 Å². The van der Waals surface area contributed by atoms with E-state index in [1.165, 1.54) is 23.9 Å². The fourth-order valence-corrected chi connectivity index (χ4v) is 2.97. The normalized spacial score (nSPS) is 13.3. The van der Waals surface area contributed by atoms with Crippen molar-refractivity contribution < 1.29 is 14.8 Å². The summed E-state index contributed by atoms with van der Waals surface area (Å²) in [5, 5.41) is 14.9. The van der Waals surface area contributed by atoms with Gasteiger partial charge in [0.05, 0.1) is 0 Å². The molecule has 33 heavy (non-hydrogen) atoms. The molecule has 6 N–H and O–H groups in total. The molecule has 2 aromatic rings. The number of hydrogen-bond acceptors (Lipinski definition) is 5. The van der Waals surface area contributed by atoms with E-state index in [0.29, 0.717) is 11.6 Å². The van der Waals surface area contributed by atoms with Gasteiger partial charge in [-0.3, -0.25) is 14.8 Å². The van der Waals surface area contributed by atoms with Crippen LogP contribution in [-0.4, -0.2) is 34.6 Å². The zero-order valence-corrected chi connectivity index (χ0v) is 20.2. The van der Waals surface area contributed by atoms with Crippen LogP contribution in [0.15, 0.2) is 48.5 Å². The highest BCUT2D eigenvalue weighted by Crippen LogP contribution is 2.19. The summed E-state index contributed by atoms with van der Waals surface area (Å²) in [5.41, 5.74) is 9.69. The van der Waals surface area contributed by atoms with Crippen molar-refractivity contribution in [3.05, 3.63) is 70.8 Å². The highest BCUT2D eigenvalue weighted by molar-refractivity contribution is 5.97. The van der Waals surface area contributed by atoms with Gasteiger partial charge >= 0.3 is 0 Å². The number of nitrogens with two attached hydrogens (primary N) is 1. The van der Waals surface area contributed by atoms with Gasteiger partial charge in [-0.1, -0.05) is 24.0 Å². The Kier molecular flexibility index (Phi) is 10.8. The highest BCUT2D eigenvalue weighted by atomic mass is 35.5. The number of nitrogens with one attached hydrogen (secondary N) is 3. The SMILES string of the molecule is CC(C)(N)C(NC(=O)c1ccc(C#Cc2ccc(CNC3CC3)cc2)cc1)C(=O)NO.Cl.Cl. The summed E-state index contributed by atoms with van der Waals surface area (Å²) in [6.07, 6.45) is 2.54. The molecule has 0 aliphatic heterocycles. The Hall–Kier alpha value is -2.60. The van der Waals surface area contributed by atoms with Crippen molar-refractivity contribution >= 4 is 36.6 Å². The number of carbonyl (C=O) groups excluding carboxylic acids is 2. The summed E-state index contributed by atoms with van der Waals surface area (Å²) < 4.78 is 0. The van der Waals surface area contributed by atoms with E-state index in [1.54, 1.807) is 38.1 Å². The number of carbonyl (C=O) groups is 2. The summed E-state index contributed by atoms with van der Waals surface area (Å²) in [5.74, 6) is 4.95. The van der Waals surface area contributed by atoms with Gasteiger partial charge in [0.25, 0.3) is 11.8 Å². The molecule has 0 bridgehead atoms. The van der Waals surface area contributed by atoms with Crippen LogP contribution in [0.5, 0.6) is 0 Å². The molecule has 0 aromatic heterocycles. The smallest absolute Gasteiger partial charge is 0.267 e. The van der Waals surface area contributed by atoms with Gasteiger partial charge in [0.15, 0.2) is 0 Å². The lowest BCUT2D eigenvalue weighted by Gasteiger charge is -2.29. The number of amides is 2. The van der Waals surface area contributed by atoms with Crippen LogP contribution >= 0.6 is 24.8 Å². The summed E-state index contributed by atoms with van der Waals surface area (Å²) in [7, 11) is 0. The van der Waals surface area contributed by atoms with E-state index in [-0.39, 0.29) is 24.8 Å². The number of hydrogen-bond donors (Lipinski definition) is 5. The van der Waals surface area contributed by atoms with Crippen molar-refractivity contribution in [3.8, 4) is 11.8 Å². The summed E-state index contributed by atoms with van der Waals surface area (Å²) in [6, 6.07) is 14.5. The lowest BCUT2D eigenvalue weighted by molar-refractivity contribution is -0.132. The minimum atomic E-state index is -1.09.